The third-order valence-electron chi connectivity index (χ3n) is 6.86. The van der Waals surface area contributed by atoms with E-state index >= 15 is 0 Å². The molecule has 0 aliphatic carbocycles. The van der Waals surface area contributed by atoms with Crippen LogP contribution in [0.15, 0.2) is 0 Å². The maximum Gasteiger partial charge on any atom is 0.397 e. The van der Waals surface area contributed by atoms with Gasteiger partial charge in [-0.1, -0.05) is 136 Å². The number of rotatable bonds is 28. The van der Waals surface area contributed by atoms with Crippen LogP contribution >= 0.6 is 0 Å². The Kier molecular flexibility index (Phi) is 30.1. The first-order valence-corrected chi connectivity index (χ1v) is 18.4. The zero-order valence-electron chi connectivity index (χ0n) is 25.3. The summed E-state index contributed by atoms with van der Waals surface area (Å²) in [6, 6.07) is -0.661. The van der Waals surface area contributed by atoms with E-state index in [0.717, 1.165) is 36.4 Å². The van der Waals surface area contributed by atoms with Gasteiger partial charge in [-0.2, -0.15) is 21.1 Å². The van der Waals surface area contributed by atoms with Gasteiger partial charge in [-0.05, 0) is 12.8 Å². The normalized spacial score (nSPS) is 12.9. The zero-order chi connectivity index (χ0) is 30.5. The summed E-state index contributed by atoms with van der Waals surface area (Å²) in [4.78, 5) is 0. The van der Waals surface area contributed by atoms with Crippen LogP contribution in [0.4, 0.5) is 0 Å². The number of hydrogen-bond acceptors (Lipinski definition) is 7. The second-order valence-corrected chi connectivity index (χ2v) is 13.0. The first-order chi connectivity index (χ1) is 19.0. The minimum Gasteiger partial charge on any atom is -0.395 e. The van der Waals surface area contributed by atoms with Gasteiger partial charge in [-0.25, -0.2) is 4.18 Å². The second-order valence-electron chi connectivity index (χ2n) is 10.6. The monoisotopic (exact) mass is 619 g/mol. The fourth-order valence-electron chi connectivity index (χ4n) is 4.53. The predicted molar refractivity (Wildman–Crippen MR) is 162 cm³/mol. The first kappa shape index (κ1) is 41.8. The van der Waals surface area contributed by atoms with Gasteiger partial charge in [0.15, 0.2) is 0 Å². The molecule has 0 aliphatic heterocycles. The van der Waals surface area contributed by atoms with Crippen LogP contribution in [0.2, 0.25) is 0 Å². The maximum absolute atomic E-state index is 11.3. The molecule has 0 bridgehead atoms. The van der Waals surface area contributed by atoms with Gasteiger partial charge in [0.05, 0.1) is 25.9 Å². The molecule has 0 saturated heterocycles. The Morgan fingerprint density at radius 3 is 1.30 bits per heavy atom. The van der Waals surface area contributed by atoms with E-state index in [4.69, 9.17) is 14.2 Å². The molecule has 0 rings (SSSR count). The van der Waals surface area contributed by atoms with Crippen molar-refractivity contribution in [3.63, 3.8) is 0 Å². The van der Waals surface area contributed by atoms with Crippen molar-refractivity contribution in [1.82, 2.24) is 4.31 Å². The van der Waals surface area contributed by atoms with Gasteiger partial charge in [0.1, 0.15) is 0 Å². The molecular formula is C28H61NO9S2. The topological polar surface area (TPSA) is 162 Å². The highest BCUT2D eigenvalue weighted by Gasteiger charge is 2.27. The Morgan fingerprint density at radius 1 is 0.600 bits per heavy atom. The SMILES string of the molecule is CCCCCCCCCCCCC(CO)N(CCO)S(=O)(=O)O.CCCCCCCCCCCCOS(=O)(=O)O. The van der Waals surface area contributed by atoms with Gasteiger partial charge in [-0.3, -0.25) is 9.11 Å². The molecule has 0 saturated carbocycles. The highest BCUT2D eigenvalue weighted by molar-refractivity contribution is 7.83. The van der Waals surface area contributed by atoms with Crippen LogP contribution in [0.1, 0.15) is 149 Å². The van der Waals surface area contributed by atoms with E-state index in [9.17, 15) is 21.9 Å². The fourth-order valence-corrected chi connectivity index (χ4v) is 5.72. The Hall–Kier alpha value is -0.340. The molecule has 0 aliphatic rings. The smallest absolute Gasteiger partial charge is 0.395 e. The second kappa shape index (κ2) is 28.8. The van der Waals surface area contributed by atoms with Crippen molar-refractivity contribution in [2.45, 2.75) is 155 Å². The van der Waals surface area contributed by atoms with Gasteiger partial charge < -0.3 is 10.2 Å². The lowest BCUT2D eigenvalue weighted by Crippen LogP contribution is -2.43. The Bertz CT molecular complexity index is 734. The number of unbranched alkanes of at least 4 members (excludes halogenated alkanes) is 18. The molecule has 12 heteroatoms. The summed E-state index contributed by atoms with van der Waals surface area (Å²) >= 11 is 0. The first-order valence-electron chi connectivity index (χ1n) is 15.6. The molecule has 4 N–H and O–H groups in total. The van der Waals surface area contributed by atoms with Crippen molar-refractivity contribution < 1.29 is 40.3 Å². The molecule has 0 aromatic rings. The molecule has 0 spiro atoms. The number of nitrogens with zero attached hydrogens (tertiary/aromatic N) is 1. The van der Waals surface area contributed by atoms with E-state index < -0.39 is 26.7 Å². The van der Waals surface area contributed by atoms with Crippen molar-refractivity contribution in [2.24, 2.45) is 0 Å². The summed E-state index contributed by atoms with van der Waals surface area (Å²) in [5, 5.41) is 18.2. The van der Waals surface area contributed by atoms with Gasteiger partial charge in [-0.15, -0.1) is 0 Å². The lowest BCUT2D eigenvalue weighted by Gasteiger charge is -2.26. The molecule has 0 heterocycles. The van der Waals surface area contributed by atoms with Gasteiger partial charge in [0.25, 0.3) is 0 Å². The Labute approximate surface area is 246 Å². The molecule has 40 heavy (non-hydrogen) atoms. The molecule has 0 fully saturated rings. The van der Waals surface area contributed by atoms with Crippen molar-refractivity contribution in [3.05, 3.63) is 0 Å². The van der Waals surface area contributed by atoms with E-state index in [1.54, 1.807) is 0 Å². The van der Waals surface area contributed by atoms with Crippen molar-refractivity contribution in [2.75, 3.05) is 26.4 Å². The third-order valence-corrected chi connectivity index (χ3v) is 8.39. The molecule has 0 aromatic carbocycles. The van der Waals surface area contributed by atoms with Crippen LogP contribution in [0.25, 0.3) is 0 Å². The molecule has 0 amide bonds. The van der Waals surface area contributed by atoms with Gasteiger partial charge in [0.2, 0.25) is 0 Å². The van der Waals surface area contributed by atoms with Crippen LogP contribution in [-0.4, -0.2) is 72.9 Å². The van der Waals surface area contributed by atoms with Gasteiger partial charge in [0, 0.05) is 6.54 Å². The number of aliphatic hydroxyl groups is 2. The number of hydrogen-bond donors (Lipinski definition) is 4. The van der Waals surface area contributed by atoms with Crippen LogP contribution in [0.5, 0.6) is 0 Å². The number of aliphatic hydroxyl groups excluding tert-OH is 2. The fraction of sp³-hybridized carbons (Fsp3) is 1.00. The molecular weight excluding hydrogens is 558 g/mol. The maximum atomic E-state index is 11.3. The quantitative estimate of drug-likeness (QED) is 0.0567. The largest absolute Gasteiger partial charge is 0.397 e. The highest BCUT2D eigenvalue weighted by Crippen LogP contribution is 2.16. The molecule has 1 atom stereocenters. The molecule has 0 radical (unpaired) electrons. The van der Waals surface area contributed by atoms with Crippen molar-refractivity contribution in [3.8, 4) is 0 Å². The molecule has 0 aromatic heterocycles. The lowest BCUT2D eigenvalue weighted by molar-refractivity contribution is 0.147. The zero-order valence-corrected chi connectivity index (χ0v) is 27.0. The summed E-state index contributed by atoms with van der Waals surface area (Å²) in [7, 11) is -8.62. The van der Waals surface area contributed by atoms with Crippen LogP contribution < -0.4 is 0 Å². The average Bonchev–Trinajstić information content (AvgIpc) is 2.89. The van der Waals surface area contributed by atoms with E-state index in [0.29, 0.717) is 12.8 Å². The average molecular weight is 620 g/mol. The van der Waals surface area contributed by atoms with E-state index in [1.807, 2.05) is 0 Å². The minimum atomic E-state index is -4.39. The van der Waals surface area contributed by atoms with Gasteiger partial charge >= 0.3 is 20.7 Å². The lowest BCUT2D eigenvalue weighted by atomic mass is 10.0. The standard InChI is InChI=1S/C16H35NO5S.C12H26O4S/c1-2-3-4-5-6-7-8-9-10-11-12-16(15-19)17(13-14-18)23(20,21)22;1-2-3-4-5-6-7-8-9-10-11-12-16-17(13,14)15/h16,18-19H,2-15H2,1H3,(H,20,21,22);2-12H2,1H3,(H,13,14,15). The molecule has 244 valence electrons. The van der Waals surface area contributed by atoms with E-state index in [2.05, 4.69) is 18.0 Å². The highest BCUT2D eigenvalue weighted by atomic mass is 32.3. The summed E-state index contributed by atoms with van der Waals surface area (Å²) < 4.78 is 65.4. The van der Waals surface area contributed by atoms with Crippen LogP contribution in [0.3, 0.4) is 0 Å². The predicted octanol–water partition coefficient (Wildman–Crippen LogP) is 6.48. The summed E-state index contributed by atoms with van der Waals surface area (Å²) in [5.41, 5.74) is 0. The summed E-state index contributed by atoms with van der Waals surface area (Å²) in [6.45, 7) is 3.60. The molecule has 1 unspecified atom stereocenters. The molecule has 10 nitrogen and oxygen atoms in total. The summed E-state index contributed by atoms with van der Waals surface area (Å²) in [6.07, 6.45) is 24.2. The van der Waals surface area contributed by atoms with Crippen LogP contribution in [-0.2, 0) is 24.9 Å². The minimum absolute atomic E-state index is 0.0926. The van der Waals surface area contributed by atoms with E-state index in [-0.39, 0.29) is 26.4 Å². The van der Waals surface area contributed by atoms with Crippen LogP contribution in [0, 0.1) is 0 Å². The third kappa shape index (κ3) is 30.6. The Morgan fingerprint density at radius 2 is 0.975 bits per heavy atom. The van der Waals surface area contributed by atoms with Crippen molar-refractivity contribution >= 4 is 20.7 Å². The van der Waals surface area contributed by atoms with E-state index in [1.165, 1.54) is 89.9 Å². The van der Waals surface area contributed by atoms with Crippen molar-refractivity contribution in [1.29, 1.82) is 0 Å². The Balaban J connectivity index is 0. The summed E-state index contributed by atoms with van der Waals surface area (Å²) in [5.74, 6) is 0.